The molecule has 0 N–H and O–H groups in total. The molecule has 0 spiro atoms. The summed E-state index contributed by atoms with van der Waals surface area (Å²) in [5.41, 5.74) is 2.63. The predicted octanol–water partition coefficient (Wildman–Crippen LogP) is 6.73. The molecule has 0 atom stereocenters. The molecule has 0 aliphatic heterocycles. The van der Waals surface area contributed by atoms with Crippen molar-refractivity contribution in [1.29, 1.82) is 0 Å². The van der Waals surface area contributed by atoms with Gasteiger partial charge in [0.15, 0.2) is 0 Å². The molecule has 6 nitrogen and oxygen atoms in total. The van der Waals surface area contributed by atoms with Gasteiger partial charge in [0.25, 0.3) is 0 Å². The van der Waals surface area contributed by atoms with Crippen molar-refractivity contribution in [3.8, 4) is 34.1 Å². The number of esters is 2. The van der Waals surface area contributed by atoms with Crippen molar-refractivity contribution >= 4 is 11.9 Å². The van der Waals surface area contributed by atoms with Crippen molar-refractivity contribution in [2.24, 2.45) is 0 Å². The molecule has 4 aromatic carbocycles. The van der Waals surface area contributed by atoms with Gasteiger partial charge < -0.3 is 18.9 Å². The lowest BCUT2D eigenvalue weighted by atomic mass is 9.82. The normalized spacial score (nSPS) is 12.8. The number of ether oxygens (including phenoxy) is 4. The molecule has 39 heavy (non-hydrogen) atoms. The predicted molar refractivity (Wildman–Crippen MR) is 140 cm³/mol. The fourth-order valence-corrected chi connectivity index (χ4v) is 4.72. The molecule has 0 heterocycles. The minimum atomic E-state index is -0.830. The second-order valence-corrected chi connectivity index (χ2v) is 9.51. The van der Waals surface area contributed by atoms with E-state index >= 15 is 0 Å². The van der Waals surface area contributed by atoms with E-state index in [-0.39, 0.29) is 22.6 Å². The van der Waals surface area contributed by atoms with Crippen LogP contribution in [0.25, 0.3) is 11.1 Å². The van der Waals surface area contributed by atoms with Crippen molar-refractivity contribution < 1.29 is 37.3 Å². The van der Waals surface area contributed by atoms with Crippen molar-refractivity contribution in [2.75, 3.05) is 14.2 Å². The van der Waals surface area contributed by atoms with Crippen LogP contribution in [0.5, 0.6) is 23.0 Å². The molecule has 5 rings (SSSR count). The summed E-state index contributed by atoms with van der Waals surface area (Å²) in [4.78, 5) is 25.3. The number of hydrogen-bond acceptors (Lipinski definition) is 6. The van der Waals surface area contributed by atoms with E-state index in [4.69, 9.17) is 18.9 Å². The molecule has 0 radical (unpaired) electrons. The summed E-state index contributed by atoms with van der Waals surface area (Å²) in [6.45, 7) is 3.97. The number of hydrogen-bond donors (Lipinski definition) is 0. The van der Waals surface area contributed by atoms with Gasteiger partial charge in [0, 0.05) is 17.5 Å². The molecule has 0 unspecified atom stereocenters. The van der Waals surface area contributed by atoms with E-state index in [0.29, 0.717) is 11.5 Å². The maximum Gasteiger partial charge on any atom is 0.346 e. The number of benzene rings is 4. The molecular weight excluding hydrogens is 506 g/mol. The lowest BCUT2D eigenvalue weighted by Gasteiger charge is -2.22. The minimum Gasteiger partial charge on any atom is -0.497 e. The summed E-state index contributed by atoms with van der Waals surface area (Å²) in [6.07, 6.45) is 0. The van der Waals surface area contributed by atoms with Crippen molar-refractivity contribution in [3.63, 3.8) is 0 Å². The van der Waals surface area contributed by atoms with Crippen LogP contribution in [0.2, 0.25) is 0 Å². The fraction of sp³-hybridized carbons (Fsp3) is 0.161. The summed E-state index contributed by atoms with van der Waals surface area (Å²) >= 11 is 0. The van der Waals surface area contributed by atoms with Gasteiger partial charge in [-0.1, -0.05) is 26.0 Å². The van der Waals surface area contributed by atoms with Crippen LogP contribution in [0.4, 0.5) is 8.78 Å². The van der Waals surface area contributed by atoms with E-state index in [1.54, 1.807) is 24.3 Å². The Morgan fingerprint density at radius 1 is 0.590 bits per heavy atom. The molecule has 0 saturated heterocycles. The summed E-state index contributed by atoms with van der Waals surface area (Å²) in [5.74, 6) is -2.05. The highest BCUT2D eigenvalue weighted by Gasteiger charge is 2.36. The van der Waals surface area contributed by atoms with Crippen LogP contribution in [-0.4, -0.2) is 26.2 Å². The molecule has 1 aliphatic carbocycles. The zero-order valence-corrected chi connectivity index (χ0v) is 21.6. The van der Waals surface area contributed by atoms with E-state index in [1.165, 1.54) is 38.5 Å². The highest BCUT2D eigenvalue weighted by Crippen LogP contribution is 2.50. The summed E-state index contributed by atoms with van der Waals surface area (Å²) < 4.78 is 49.7. The molecule has 4 aromatic rings. The topological polar surface area (TPSA) is 71.1 Å². The molecule has 0 bridgehead atoms. The first kappa shape index (κ1) is 25.9. The molecule has 1 aliphatic rings. The van der Waals surface area contributed by atoms with Crippen molar-refractivity contribution in [3.05, 3.63) is 107 Å². The van der Waals surface area contributed by atoms with Gasteiger partial charge >= 0.3 is 11.9 Å². The van der Waals surface area contributed by atoms with Crippen LogP contribution in [0.1, 0.15) is 45.7 Å². The highest BCUT2D eigenvalue weighted by molar-refractivity contribution is 5.93. The maximum atomic E-state index is 14.4. The third-order valence-corrected chi connectivity index (χ3v) is 6.83. The molecule has 0 fully saturated rings. The first-order valence-corrected chi connectivity index (χ1v) is 12.0. The van der Waals surface area contributed by atoms with Crippen molar-refractivity contribution in [1.82, 2.24) is 0 Å². The summed E-state index contributed by atoms with van der Waals surface area (Å²) in [7, 11) is 2.81. The SMILES string of the molecule is COc1ccc(C(=O)Oc2ccc3c(c2)C(C)(C)c2cc(OC(=O)c4ccc(OC)cc4F)ccc2-3)c(F)c1. The van der Waals surface area contributed by atoms with Crippen LogP contribution in [0.15, 0.2) is 72.8 Å². The van der Waals surface area contributed by atoms with E-state index in [1.807, 2.05) is 26.0 Å². The highest BCUT2D eigenvalue weighted by atomic mass is 19.1. The van der Waals surface area contributed by atoms with Gasteiger partial charge in [-0.25, -0.2) is 18.4 Å². The smallest absolute Gasteiger partial charge is 0.346 e. The summed E-state index contributed by atoms with van der Waals surface area (Å²) in [6, 6.07) is 18.2. The second-order valence-electron chi connectivity index (χ2n) is 9.51. The number of methoxy groups -OCH3 is 2. The quantitative estimate of drug-likeness (QED) is 0.203. The molecule has 198 valence electrons. The second kappa shape index (κ2) is 9.87. The van der Waals surface area contributed by atoms with E-state index in [9.17, 15) is 18.4 Å². The average Bonchev–Trinajstić information content (AvgIpc) is 3.14. The Bertz CT molecular complexity index is 1510. The lowest BCUT2D eigenvalue weighted by molar-refractivity contribution is 0.0719. The van der Waals surface area contributed by atoms with Gasteiger partial charge in [-0.3, -0.25) is 0 Å². The van der Waals surface area contributed by atoms with Gasteiger partial charge in [-0.2, -0.15) is 0 Å². The largest absolute Gasteiger partial charge is 0.497 e. The number of rotatable bonds is 6. The molecule has 0 aromatic heterocycles. The zero-order valence-electron chi connectivity index (χ0n) is 21.6. The Morgan fingerprint density at radius 3 is 1.33 bits per heavy atom. The maximum absolute atomic E-state index is 14.4. The number of carbonyl (C=O) groups excluding carboxylic acids is 2. The number of carbonyl (C=O) groups is 2. The van der Waals surface area contributed by atoms with Crippen LogP contribution < -0.4 is 18.9 Å². The Balaban J connectivity index is 1.39. The molecule has 0 saturated carbocycles. The Morgan fingerprint density at radius 2 is 0.974 bits per heavy atom. The average molecular weight is 531 g/mol. The van der Waals surface area contributed by atoms with E-state index in [0.717, 1.165) is 34.4 Å². The molecular formula is C31H24F2O6. The Kier molecular flexibility index (Phi) is 6.56. The van der Waals surface area contributed by atoms with E-state index in [2.05, 4.69) is 0 Å². The van der Waals surface area contributed by atoms with Gasteiger partial charge in [-0.15, -0.1) is 0 Å². The zero-order chi connectivity index (χ0) is 27.9. The number of fused-ring (bicyclic) bond motifs is 3. The van der Waals surface area contributed by atoms with Crippen LogP contribution >= 0.6 is 0 Å². The van der Waals surface area contributed by atoms with E-state index < -0.39 is 29.0 Å². The van der Waals surface area contributed by atoms with Gasteiger partial charge in [-0.05, 0) is 70.8 Å². The van der Waals surface area contributed by atoms with Crippen LogP contribution in [0, 0.1) is 11.6 Å². The van der Waals surface area contributed by atoms with Crippen molar-refractivity contribution in [2.45, 2.75) is 19.3 Å². The first-order valence-electron chi connectivity index (χ1n) is 12.0. The van der Waals surface area contributed by atoms with Crippen LogP contribution in [-0.2, 0) is 5.41 Å². The van der Waals surface area contributed by atoms with Gasteiger partial charge in [0.1, 0.15) is 34.6 Å². The number of halogens is 2. The molecule has 8 heteroatoms. The fourth-order valence-electron chi connectivity index (χ4n) is 4.72. The lowest BCUT2D eigenvalue weighted by Crippen LogP contribution is -2.16. The Hall–Kier alpha value is -4.72. The van der Waals surface area contributed by atoms with Gasteiger partial charge in [0.2, 0.25) is 0 Å². The molecule has 0 amide bonds. The third kappa shape index (κ3) is 4.69. The van der Waals surface area contributed by atoms with Crippen LogP contribution in [0.3, 0.4) is 0 Å². The monoisotopic (exact) mass is 530 g/mol. The summed E-state index contributed by atoms with van der Waals surface area (Å²) in [5, 5.41) is 0. The first-order chi connectivity index (χ1) is 18.6. The minimum absolute atomic E-state index is 0.210. The van der Waals surface area contributed by atoms with Gasteiger partial charge in [0.05, 0.1) is 25.3 Å². The Labute approximate surface area is 223 Å². The third-order valence-electron chi connectivity index (χ3n) is 6.83. The standard InChI is InChI=1S/C31H24F2O6/c1-31(2)25-13-19(38-29(34)23-11-5-17(36-3)15-27(23)32)7-9-21(25)22-10-8-20(14-26(22)31)39-30(35)24-12-6-18(37-4)16-28(24)33/h5-16H,1-4H3.